The van der Waals surface area contributed by atoms with Gasteiger partial charge in [0.2, 0.25) is 0 Å². The SMILES string of the molecule is NC1CCC(NC(=O)c2nn(-c3ccccc3)c3c2CCC3)CC1. The van der Waals surface area contributed by atoms with E-state index >= 15 is 0 Å². The minimum atomic E-state index is -0.0247. The molecular formula is C19H24N4O. The predicted octanol–water partition coefficient (Wildman–Crippen LogP) is 2.36. The fourth-order valence-corrected chi connectivity index (χ4v) is 3.92. The van der Waals surface area contributed by atoms with Crippen LogP contribution in [0.4, 0.5) is 0 Å². The number of rotatable bonds is 3. The van der Waals surface area contributed by atoms with Crippen LogP contribution in [-0.4, -0.2) is 27.8 Å². The largest absolute Gasteiger partial charge is 0.348 e. The third-order valence-electron chi connectivity index (χ3n) is 5.25. The zero-order valence-corrected chi connectivity index (χ0v) is 13.9. The number of carbonyl (C=O) groups is 1. The Morgan fingerprint density at radius 1 is 1.12 bits per heavy atom. The third-order valence-corrected chi connectivity index (χ3v) is 5.25. The number of carbonyl (C=O) groups excluding carboxylic acids is 1. The molecule has 2 aromatic rings. The monoisotopic (exact) mass is 324 g/mol. The lowest BCUT2D eigenvalue weighted by Gasteiger charge is -2.26. The van der Waals surface area contributed by atoms with Crippen LogP contribution in [0.15, 0.2) is 30.3 Å². The summed E-state index contributed by atoms with van der Waals surface area (Å²) in [7, 11) is 0. The number of hydrogen-bond donors (Lipinski definition) is 2. The molecule has 4 rings (SSSR count). The predicted molar refractivity (Wildman–Crippen MR) is 93.3 cm³/mol. The molecule has 0 aliphatic heterocycles. The number of para-hydroxylation sites is 1. The lowest BCUT2D eigenvalue weighted by Crippen LogP contribution is -2.40. The molecule has 1 amide bonds. The maximum absolute atomic E-state index is 12.8. The van der Waals surface area contributed by atoms with E-state index < -0.39 is 0 Å². The Labute approximate surface area is 142 Å². The number of amides is 1. The van der Waals surface area contributed by atoms with Crippen LogP contribution < -0.4 is 11.1 Å². The summed E-state index contributed by atoms with van der Waals surface area (Å²) >= 11 is 0. The molecule has 3 N–H and O–H groups in total. The van der Waals surface area contributed by atoms with Gasteiger partial charge in [-0.3, -0.25) is 4.79 Å². The van der Waals surface area contributed by atoms with Gasteiger partial charge >= 0.3 is 0 Å². The Morgan fingerprint density at radius 3 is 2.62 bits per heavy atom. The molecule has 0 bridgehead atoms. The summed E-state index contributed by atoms with van der Waals surface area (Å²) in [5, 5.41) is 7.84. The fourth-order valence-electron chi connectivity index (χ4n) is 3.92. The van der Waals surface area contributed by atoms with Crippen molar-refractivity contribution in [3.8, 4) is 5.69 Å². The normalized spacial score (nSPS) is 23.0. The molecule has 0 atom stereocenters. The van der Waals surface area contributed by atoms with Crippen LogP contribution in [0.1, 0.15) is 53.8 Å². The van der Waals surface area contributed by atoms with Crippen LogP contribution in [0, 0.1) is 0 Å². The summed E-state index contributed by atoms with van der Waals surface area (Å²) in [5.41, 5.74) is 9.91. The van der Waals surface area contributed by atoms with E-state index in [2.05, 4.69) is 10.4 Å². The standard InChI is InChI=1S/C19H24N4O/c20-13-9-11-14(12-10-13)21-19(24)18-16-7-4-8-17(16)23(22-18)15-5-2-1-3-6-15/h1-3,5-6,13-14H,4,7-12,20H2,(H,21,24). The molecule has 5 heteroatoms. The van der Waals surface area contributed by atoms with Gasteiger partial charge in [-0.1, -0.05) is 18.2 Å². The lowest BCUT2D eigenvalue weighted by atomic mass is 9.92. The first kappa shape index (κ1) is 15.4. The highest BCUT2D eigenvalue weighted by Gasteiger charge is 2.28. The second-order valence-corrected chi connectivity index (χ2v) is 6.96. The van der Waals surface area contributed by atoms with Gasteiger partial charge in [0.15, 0.2) is 5.69 Å². The van der Waals surface area contributed by atoms with Crippen molar-refractivity contribution in [1.29, 1.82) is 0 Å². The van der Waals surface area contributed by atoms with Gasteiger partial charge in [-0.2, -0.15) is 5.10 Å². The van der Waals surface area contributed by atoms with E-state index in [0.29, 0.717) is 11.7 Å². The van der Waals surface area contributed by atoms with E-state index in [4.69, 9.17) is 5.73 Å². The van der Waals surface area contributed by atoms with E-state index in [1.54, 1.807) is 0 Å². The molecule has 1 aromatic heterocycles. The zero-order chi connectivity index (χ0) is 16.5. The average molecular weight is 324 g/mol. The Bertz CT molecular complexity index is 729. The molecular weight excluding hydrogens is 300 g/mol. The highest BCUT2D eigenvalue weighted by Crippen LogP contribution is 2.28. The summed E-state index contributed by atoms with van der Waals surface area (Å²) < 4.78 is 1.95. The minimum Gasteiger partial charge on any atom is -0.348 e. The van der Waals surface area contributed by atoms with Gasteiger partial charge in [-0.25, -0.2) is 4.68 Å². The molecule has 0 radical (unpaired) electrons. The minimum absolute atomic E-state index is 0.0247. The molecule has 0 saturated heterocycles. The maximum Gasteiger partial charge on any atom is 0.272 e. The molecule has 0 spiro atoms. The Kier molecular flexibility index (Phi) is 4.10. The van der Waals surface area contributed by atoms with Crippen LogP contribution in [0.5, 0.6) is 0 Å². The molecule has 1 aromatic carbocycles. The third kappa shape index (κ3) is 2.84. The molecule has 1 fully saturated rings. The molecule has 2 aliphatic carbocycles. The van der Waals surface area contributed by atoms with Crippen LogP contribution in [0.2, 0.25) is 0 Å². The number of nitrogens with two attached hydrogens (primary N) is 1. The number of nitrogens with one attached hydrogen (secondary N) is 1. The first-order chi connectivity index (χ1) is 11.7. The van der Waals surface area contributed by atoms with E-state index in [9.17, 15) is 4.79 Å². The van der Waals surface area contributed by atoms with Crippen molar-refractivity contribution >= 4 is 5.91 Å². The van der Waals surface area contributed by atoms with Gasteiger partial charge in [0.1, 0.15) is 0 Å². The van der Waals surface area contributed by atoms with Gasteiger partial charge in [-0.15, -0.1) is 0 Å². The zero-order valence-electron chi connectivity index (χ0n) is 13.9. The van der Waals surface area contributed by atoms with Gasteiger partial charge < -0.3 is 11.1 Å². The quantitative estimate of drug-likeness (QED) is 0.910. The molecule has 1 heterocycles. The van der Waals surface area contributed by atoms with Crippen molar-refractivity contribution < 1.29 is 4.79 Å². The van der Waals surface area contributed by atoms with E-state index in [1.165, 1.54) is 5.69 Å². The molecule has 24 heavy (non-hydrogen) atoms. The van der Waals surface area contributed by atoms with Gasteiger partial charge in [-0.05, 0) is 57.1 Å². The number of benzene rings is 1. The van der Waals surface area contributed by atoms with E-state index in [-0.39, 0.29) is 11.9 Å². The van der Waals surface area contributed by atoms with Crippen molar-refractivity contribution in [1.82, 2.24) is 15.1 Å². The molecule has 2 aliphatic rings. The highest BCUT2D eigenvalue weighted by atomic mass is 16.2. The van der Waals surface area contributed by atoms with Crippen molar-refractivity contribution in [2.24, 2.45) is 5.73 Å². The van der Waals surface area contributed by atoms with E-state index in [1.807, 2.05) is 35.0 Å². The topological polar surface area (TPSA) is 72.9 Å². The summed E-state index contributed by atoms with van der Waals surface area (Å²) in [6.07, 6.45) is 6.94. The smallest absolute Gasteiger partial charge is 0.272 e. The summed E-state index contributed by atoms with van der Waals surface area (Å²) in [4.78, 5) is 12.8. The lowest BCUT2D eigenvalue weighted by molar-refractivity contribution is 0.0919. The van der Waals surface area contributed by atoms with Crippen molar-refractivity contribution in [3.05, 3.63) is 47.3 Å². The molecule has 1 saturated carbocycles. The first-order valence-corrected chi connectivity index (χ1v) is 8.95. The number of fused-ring (bicyclic) bond motifs is 1. The van der Waals surface area contributed by atoms with Crippen LogP contribution in [-0.2, 0) is 12.8 Å². The number of nitrogens with zero attached hydrogens (tertiary/aromatic N) is 2. The second kappa shape index (κ2) is 6.40. The van der Waals surface area contributed by atoms with Crippen molar-refractivity contribution in [2.45, 2.75) is 57.0 Å². The maximum atomic E-state index is 12.8. The fraction of sp³-hybridized carbons (Fsp3) is 0.474. The number of aromatic nitrogens is 2. The van der Waals surface area contributed by atoms with Crippen molar-refractivity contribution in [3.63, 3.8) is 0 Å². The highest BCUT2D eigenvalue weighted by molar-refractivity contribution is 5.94. The summed E-state index contributed by atoms with van der Waals surface area (Å²) in [6.45, 7) is 0. The Hall–Kier alpha value is -2.14. The van der Waals surface area contributed by atoms with Gasteiger partial charge in [0, 0.05) is 23.3 Å². The molecule has 0 unspecified atom stereocenters. The summed E-state index contributed by atoms with van der Waals surface area (Å²) in [5.74, 6) is -0.0247. The average Bonchev–Trinajstić information content (AvgIpc) is 3.20. The van der Waals surface area contributed by atoms with Crippen molar-refractivity contribution in [2.75, 3.05) is 0 Å². The van der Waals surface area contributed by atoms with Gasteiger partial charge in [0.05, 0.1) is 5.69 Å². The Morgan fingerprint density at radius 2 is 1.88 bits per heavy atom. The molecule has 126 valence electrons. The van der Waals surface area contributed by atoms with Crippen LogP contribution in [0.25, 0.3) is 5.69 Å². The van der Waals surface area contributed by atoms with Gasteiger partial charge in [0.25, 0.3) is 5.91 Å². The van der Waals surface area contributed by atoms with E-state index in [0.717, 1.165) is 56.2 Å². The summed E-state index contributed by atoms with van der Waals surface area (Å²) in [6, 6.07) is 10.6. The second-order valence-electron chi connectivity index (χ2n) is 6.96. The number of hydrogen-bond acceptors (Lipinski definition) is 3. The first-order valence-electron chi connectivity index (χ1n) is 8.95. The Balaban J connectivity index is 1.58. The molecule has 5 nitrogen and oxygen atoms in total. The van der Waals surface area contributed by atoms with Crippen LogP contribution in [0.3, 0.4) is 0 Å². The van der Waals surface area contributed by atoms with Crippen LogP contribution >= 0.6 is 0 Å².